The average molecular weight is 229 g/mol. The summed E-state index contributed by atoms with van der Waals surface area (Å²) in [6.07, 6.45) is 1.62. The van der Waals surface area contributed by atoms with Gasteiger partial charge in [-0.15, -0.1) is 0 Å². The standard InChI is InChI=1S/C8H15N3O3Si/c1-11(15-8(13-2)14-3)7(12)6-4-5-9-10-6/h4-5,8H,15H2,1-3H3,(H,9,10). The number of carbonyl (C=O) groups excluding carboxylic acids is 1. The second kappa shape index (κ2) is 5.64. The summed E-state index contributed by atoms with van der Waals surface area (Å²) in [5.41, 5.74) is 0.413. The fourth-order valence-corrected chi connectivity index (χ4v) is 2.20. The molecular formula is C8H15N3O3Si. The maximum Gasteiger partial charge on any atom is 0.266 e. The zero-order valence-electron chi connectivity index (χ0n) is 9.06. The number of aromatic amines is 1. The Hall–Kier alpha value is -1.18. The van der Waals surface area contributed by atoms with Gasteiger partial charge in [0.05, 0.1) is 0 Å². The monoisotopic (exact) mass is 229 g/mol. The van der Waals surface area contributed by atoms with Crippen LogP contribution in [0.1, 0.15) is 10.5 Å². The van der Waals surface area contributed by atoms with Crippen molar-refractivity contribution in [2.45, 2.75) is 5.91 Å². The van der Waals surface area contributed by atoms with Crippen LogP contribution in [0, 0.1) is 0 Å². The van der Waals surface area contributed by atoms with Gasteiger partial charge in [-0.05, 0) is 6.07 Å². The number of carbonyl (C=O) groups is 1. The Morgan fingerprint density at radius 2 is 2.27 bits per heavy atom. The number of nitrogens with one attached hydrogen (secondary N) is 1. The third-order valence-corrected chi connectivity index (χ3v) is 3.82. The molecule has 1 heterocycles. The molecule has 0 unspecified atom stereocenters. The van der Waals surface area contributed by atoms with Gasteiger partial charge in [-0.3, -0.25) is 9.89 Å². The first-order valence-corrected chi connectivity index (χ1v) is 5.94. The van der Waals surface area contributed by atoms with Gasteiger partial charge in [0.2, 0.25) is 0 Å². The zero-order chi connectivity index (χ0) is 11.3. The van der Waals surface area contributed by atoms with Crippen LogP contribution >= 0.6 is 0 Å². The first kappa shape index (κ1) is 11.9. The molecule has 0 saturated heterocycles. The van der Waals surface area contributed by atoms with Gasteiger partial charge in [-0.1, -0.05) is 0 Å². The van der Waals surface area contributed by atoms with Gasteiger partial charge in [-0.2, -0.15) is 5.10 Å². The van der Waals surface area contributed by atoms with E-state index < -0.39 is 9.68 Å². The van der Waals surface area contributed by atoms with Crippen molar-refractivity contribution in [2.24, 2.45) is 0 Å². The molecule has 0 aromatic carbocycles. The van der Waals surface area contributed by atoms with Gasteiger partial charge in [0, 0.05) is 27.5 Å². The molecular weight excluding hydrogens is 214 g/mol. The van der Waals surface area contributed by atoms with Crippen molar-refractivity contribution in [3.63, 3.8) is 0 Å². The lowest BCUT2D eigenvalue weighted by Gasteiger charge is -2.20. The highest BCUT2D eigenvalue weighted by atomic mass is 28.2. The summed E-state index contributed by atoms with van der Waals surface area (Å²) in [4.78, 5) is 11.7. The third-order valence-electron chi connectivity index (χ3n) is 2.02. The number of hydrogen-bond acceptors (Lipinski definition) is 4. The maximum absolute atomic E-state index is 11.7. The molecule has 0 fully saturated rings. The molecule has 0 radical (unpaired) electrons. The van der Waals surface area contributed by atoms with Crippen molar-refractivity contribution in [1.29, 1.82) is 0 Å². The molecule has 0 saturated carbocycles. The summed E-state index contributed by atoms with van der Waals surface area (Å²) in [6, 6.07) is 1.64. The van der Waals surface area contributed by atoms with Crippen LogP contribution in [0.5, 0.6) is 0 Å². The van der Waals surface area contributed by atoms with Crippen LogP contribution in [0.3, 0.4) is 0 Å². The second-order valence-electron chi connectivity index (χ2n) is 3.05. The Morgan fingerprint density at radius 3 is 2.73 bits per heavy atom. The summed E-state index contributed by atoms with van der Waals surface area (Å²) in [5.74, 6) is -0.389. The van der Waals surface area contributed by atoms with Crippen molar-refractivity contribution in [1.82, 2.24) is 14.8 Å². The molecule has 1 rings (SSSR count). The molecule has 0 bridgehead atoms. The van der Waals surface area contributed by atoms with Gasteiger partial charge in [0.25, 0.3) is 5.91 Å². The first-order valence-electron chi connectivity index (χ1n) is 4.50. The first-order chi connectivity index (χ1) is 7.19. The third kappa shape index (κ3) is 3.15. The van der Waals surface area contributed by atoms with Crippen LogP contribution in [0.4, 0.5) is 0 Å². The van der Waals surface area contributed by atoms with E-state index in [-0.39, 0.29) is 11.8 Å². The fraction of sp³-hybridized carbons (Fsp3) is 0.500. The van der Waals surface area contributed by atoms with E-state index in [0.29, 0.717) is 5.69 Å². The lowest BCUT2D eigenvalue weighted by atomic mass is 10.4. The smallest absolute Gasteiger partial charge is 0.266 e. The minimum Gasteiger partial charge on any atom is -0.367 e. The summed E-state index contributed by atoms with van der Waals surface area (Å²) < 4.78 is 11.7. The van der Waals surface area contributed by atoms with E-state index in [0.717, 1.165) is 0 Å². The van der Waals surface area contributed by atoms with Gasteiger partial charge in [-0.25, -0.2) is 0 Å². The number of ether oxygens (including phenoxy) is 2. The fourth-order valence-electron chi connectivity index (χ4n) is 1.13. The molecule has 84 valence electrons. The van der Waals surface area contributed by atoms with Crippen molar-refractivity contribution >= 4 is 15.6 Å². The van der Waals surface area contributed by atoms with Crippen LogP contribution in [-0.2, 0) is 9.47 Å². The van der Waals surface area contributed by atoms with E-state index in [2.05, 4.69) is 10.2 Å². The van der Waals surface area contributed by atoms with E-state index in [9.17, 15) is 4.79 Å². The highest BCUT2D eigenvalue weighted by Crippen LogP contribution is 1.99. The van der Waals surface area contributed by atoms with Crippen molar-refractivity contribution in [2.75, 3.05) is 21.3 Å². The van der Waals surface area contributed by atoms with Crippen molar-refractivity contribution in [3.8, 4) is 0 Å². The van der Waals surface area contributed by atoms with Gasteiger partial charge < -0.3 is 14.0 Å². The molecule has 1 N–H and O–H groups in total. The molecule has 6 nitrogen and oxygen atoms in total. The predicted octanol–water partition coefficient (Wildman–Crippen LogP) is -0.858. The van der Waals surface area contributed by atoms with Crippen molar-refractivity contribution < 1.29 is 14.3 Å². The Bertz CT molecular complexity index is 300. The number of H-pyrrole nitrogens is 1. The number of amides is 1. The largest absolute Gasteiger partial charge is 0.367 e. The van der Waals surface area contributed by atoms with Gasteiger partial charge in [0.15, 0.2) is 15.6 Å². The normalized spacial score (nSPS) is 11.5. The lowest BCUT2D eigenvalue weighted by molar-refractivity contribution is -0.0473. The van der Waals surface area contributed by atoms with E-state index in [1.165, 1.54) is 0 Å². The van der Waals surface area contributed by atoms with E-state index >= 15 is 0 Å². The summed E-state index contributed by atoms with van der Waals surface area (Å²) in [6.45, 7) is 0. The maximum atomic E-state index is 11.7. The van der Waals surface area contributed by atoms with Crippen LogP contribution in [0.25, 0.3) is 0 Å². The summed E-state index contributed by atoms with van der Waals surface area (Å²) in [5, 5.41) is 6.42. The van der Waals surface area contributed by atoms with E-state index in [1.807, 2.05) is 0 Å². The molecule has 15 heavy (non-hydrogen) atoms. The van der Waals surface area contributed by atoms with Crippen LogP contribution in [0.2, 0.25) is 0 Å². The lowest BCUT2D eigenvalue weighted by Crippen LogP contribution is -2.39. The van der Waals surface area contributed by atoms with Crippen LogP contribution in [-0.4, -0.2) is 57.5 Å². The molecule has 1 amide bonds. The van der Waals surface area contributed by atoms with Crippen molar-refractivity contribution in [3.05, 3.63) is 18.0 Å². The zero-order valence-corrected chi connectivity index (χ0v) is 10.5. The molecule has 0 aliphatic carbocycles. The summed E-state index contributed by atoms with van der Waals surface area (Å²) in [7, 11) is 3.92. The molecule has 0 atom stereocenters. The Balaban J connectivity index is 2.53. The number of hydrogen-bond donors (Lipinski definition) is 1. The van der Waals surface area contributed by atoms with E-state index in [4.69, 9.17) is 9.47 Å². The minimum atomic E-state index is -0.935. The second-order valence-corrected chi connectivity index (χ2v) is 5.03. The predicted molar refractivity (Wildman–Crippen MR) is 57.0 cm³/mol. The average Bonchev–Trinajstić information content (AvgIpc) is 2.77. The quantitative estimate of drug-likeness (QED) is 0.527. The topological polar surface area (TPSA) is 67.5 Å². The number of rotatable bonds is 5. The Labute approximate surface area is 90.5 Å². The van der Waals surface area contributed by atoms with Gasteiger partial charge >= 0.3 is 0 Å². The van der Waals surface area contributed by atoms with E-state index in [1.54, 1.807) is 38.1 Å². The highest BCUT2D eigenvalue weighted by Gasteiger charge is 2.18. The molecule has 0 aliphatic heterocycles. The molecule has 0 spiro atoms. The Morgan fingerprint density at radius 1 is 1.60 bits per heavy atom. The van der Waals surface area contributed by atoms with Crippen LogP contribution in [0.15, 0.2) is 12.3 Å². The summed E-state index contributed by atoms with van der Waals surface area (Å²) >= 11 is 0. The molecule has 0 aliphatic rings. The van der Waals surface area contributed by atoms with Crippen LogP contribution < -0.4 is 0 Å². The molecule has 1 aromatic heterocycles. The Kier molecular flexibility index (Phi) is 4.47. The SMILES string of the molecule is COC(OC)[SiH2]N(C)C(=O)c1cc[nH]n1. The highest BCUT2D eigenvalue weighted by molar-refractivity contribution is 6.38. The molecule has 1 aromatic rings. The van der Waals surface area contributed by atoms with Gasteiger partial charge in [0.1, 0.15) is 5.69 Å². The number of nitrogens with zero attached hydrogens (tertiary/aromatic N) is 2. The minimum absolute atomic E-state index is 0.109. The molecule has 7 heteroatoms. The number of methoxy groups -OCH3 is 2. The number of aromatic nitrogens is 2.